The Kier molecular flexibility index (Phi) is 3.88. The van der Waals surface area contributed by atoms with Gasteiger partial charge < -0.3 is 10.6 Å². The molecule has 0 aliphatic carbocycles. The van der Waals surface area contributed by atoms with E-state index in [2.05, 4.69) is 14.9 Å². The number of amidine groups is 1. The first-order valence-corrected chi connectivity index (χ1v) is 10.1. The van der Waals surface area contributed by atoms with Crippen molar-refractivity contribution in [3.63, 3.8) is 0 Å². The summed E-state index contributed by atoms with van der Waals surface area (Å²) in [5, 5.41) is 0. The Morgan fingerprint density at radius 1 is 1.12 bits per heavy atom. The summed E-state index contributed by atoms with van der Waals surface area (Å²) in [5.74, 6) is 1.42. The summed E-state index contributed by atoms with van der Waals surface area (Å²) in [6.45, 7) is 1.66. The van der Waals surface area contributed by atoms with Crippen molar-refractivity contribution < 1.29 is 8.42 Å². The minimum atomic E-state index is -3.21. The number of aromatic nitrogens is 1. The fraction of sp³-hybridized carbons (Fsp3) is 0.158. The van der Waals surface area contributed by atoms with Crippen molar-refractivity contribution >= 4 is 27.1 Å². The molecule has 3 heterocycles. The van der Waals surface area contributed by atoms with Gasteiger partial charge in [0.2, 0.25) is 0 Å². The number of hydrogen-bond donors (Lipinski definition) is 1. The molecule has 0 amide bonds. The van der Waals surface area contributed by atoms with Gasteiger partial charge in [-0.2, -0.15) is 0 Å². The highest BCUT2D eigenvalue weighted by Crippen LogP contribution is 2.30. The van der Waals surface area contributed by atoms with Crippen LogP contribution in [0.3, 0.4) is 0 Å². The van der Waals surface area contributed by atoms with Crippen molar-refractivity contribution in [2.75, 3.05) is 25.1 Å². The number of aliphatic imine (C=N–C) groups is 1. The van der Waals surface area contributed by atoms with Crippen LogP contribution in [0, 0.1) is 0 Å². The molecular formula is C19H18N4O2S. The second-order valence-electron chi connectivity index (χ2n) is 6.30. The van der Waals surface area contributed by atoms with E-state index in [1.165, 1.54) is 6.26 Å². The highest BCUT2D eigenvalue weighted by atomic mass is 32.2. The number of pyridine rings is 1. The number of benzene rings is 1. The third kappa shape index (κ3) is 3.01. The van der Waals surface area contributed by atoms with Crippen LogP contribution < -0.4 is 5.73 Å². The van der Waals surface area contributed by atoms with Crippen molar-refractivity contribution in [3.05, 3.63) is 60.4 Å². The van der Waals surface area contributed by atoms with Gasteiger partial charge in [-0.15, -0.1) is 0 Å². The summed E-state index contributed by atoms with van der Waals surface area (Å²) in [6.07, 6.45) is 8.91. The first kappa shape index (κ1) is 16.5. The van der Waals surface area contributed by atoms with Crippen LogP contribution in [0.4, 0.5) is 5.82 Å². The second-order valence-corrected chi connectivity index (χ2v) is 8.32. The van der Waals surface area contributed by atoms with E-state index < -0.39 is 9.84 Å². The van der Waals surface area contributed by atoms with Gasteiger partial charge in [0.25, 0.3) is 0 Å². The van der Waals surface area contributed by atoms with Crippen LogP contribution in [-0.2, 0) is 9.84 Å². The number of anilines is 1. The van der Waals surface area contributed by atoms with Crippen molar-refractivity contribution in [1.29, 1.82) is 0 Å². The topological polar surface area (TPSA) is 88.6 Å². The quantitative estimate of drug-likeness (QED) is 0.901. The molecule has 1 aromatic carbocycles. The zero-order chi connectivity index (χ0) is 18.3. The Morgan fingerprint density at radius 3 is 2.62 bits per heavy atom. The Labute approximate surface area is 152 Å². The largest absolute Gasteiger partial charge is 0.383 e. The monoisotopic (exact) mass is 366 g/mol. The molecule has 1 aromatic heterocycles. The van der Waals surface area contributed by atoms with Gasteiger partial charge in [-0.3, -0.25) is 4.99 Å². The van der Waals surface area contributed by atoms with E-state index in [1.54, 1.807) is 30.5 Å². The average Bonchev–Trinajstić information content (AvgIpc) is 3.09. The summed E-state index contributed by atoms with van der Waals surface area (Å²) in [7, 11) is -3.21. The summed E-state index contributed by atoms with van der Waals surface area (Å²) >= 11 is 0. The van der Waals surface area contributed by atoms with E-state index in [1.807, 2.05) is 24.4 Å². The molecule has 2 aliphatic rings. The molecule has 0 atom stereocenters. The first-order chi connectivity index (χ1) is 12.4. The number of sulfone groups is 1. The van der Waals surface area contributed by atoms with Gasteiger partial charge in [0.15, 0.2) is 9.84 Å². The second kappa shape index (κ2) is 6.10. The highest BCUT2D eigenvalue weighted by molar-refractivity contribution is 7.90. The molecule has 0 spiro atoms. The molecule has 7 heteroatoms. The summed E-state index contributed by atoms with van der Waals surface area (Å²) in [5.41, 5.74) is 9.69. The van der Waals surface area contributed by atoms with E-state index in [9.17, 15) is 8.42 Å². The zero-order valence-electron chi connectivity index (χ0n) is 14.3. The number of nitrogen functional groups attached to an aromatic ring is 1. The fourth-order valence-electron chi connectivity index (χ4n) is 3.05. The lowest BCUT2D eigenvalue weighted by atomic mass is 10.00. The third-order valence-electron chi connectivity index (χ3n) is 4.46. The lowest BCUT2D eigenvalue weighted by molar-refractivity contribution is 0.602. The molecule has 0 saturated heterocycles. The maximum absolute atomic E-state index is 11.6. The van der Waals surface area contributed by atoms with Gasteiger partial charge in [-0.1, -0.05) is 12.1 Å². The standard InChI is InChI=1S/C19H18N4O2S/c1-26(24,25)16-5-2-13(3-6-16)15-10-17(19(20)22-11-15)14-4-7-18-21-8-9-23(18)12-14/h2-7,10-12H,8-9H2,1H3,(H2,20,22). The van der Waals surface area contributed by atoms with Crippen LogP contribution in [0.15, 0.2) is 64.8 Å². The van der Waals surface area contributed by atoms with E-state index in [-0.39, 0.29) is 0 Å². The molecule has 2 aromatic rings. The van der Waals surface area contributed by atoms with Crippen molar-refractivity contribution in [2.24, 2.45) is 4.99 Å². The summed E-state index contributed by atoms with van der Waals surface area (Å²) in [4.78, 5) is 11.1. The van der Waals surface area contributed by atoms with Crippen LogP contribution in [0.5, 0.6) is 0 Å². The Morgan fingerprint density at radius 2 is 1.88 bits per heavy atom. The Hall–Kier alpha value is -2.93. The molecule has 0 radical (unpaired) electrons. The minimum absolute atomic E-state index is 0.295. The van der Waals surface area contributed by atoms with Crippen molar-refractivity contribution in [2.45, 2.75) is 4.90 Å². The predicted octanol–water partition coefficient (Wildman–Crippen LogP) is 2.36. The highest BCUT2D eigenvalue weighted by Gasteiger charge is 2.18. The number of nitrogens with zero attached hydrogens (tertiary/aromatic N) is 3. The van der Waals surface area contributed by atoms with Crippen LogP contribution in [-0.4, -0.2) is 43.5 Å². The molecule has 2 N–H and O–H groups in total. The van der Waals surface area contributed by atoms with Crippen LogP contribution in [0.2, 0.25) is 0 Å². The maximum atomic E-state index is 11.6. The number of fused-ring (bicyclic) bond motifs is 1. The average molecular weight is 366 g/mol. The Bertz CT molecular complexity index is 1070. The molecule has 132 valence electrons. The normalized spacial score (nSPS) is 16.3. The van der Waals surface area contributed by atoms with Gasteiger partial charge in [0, 0.05) is 41.9 Å². The molecular weight excluding hydrogens is 348 g/mol. The molecule has 4 rings (SSSR count). The fourth-order valence-corrected chi connectivity index (χ4v) is 3.68. The van der Waals surface area contributed by atoms with Gasteiger partial charge in [-0.25, -0.2) is 13.4 Å². The molecule has 2 aliphatic heterocycles. The van der Waals surface area contributed by atoms with Gasteiger partial charge in [0.05, 0.1) is 11.4 Å². The van der Waals surface area contributed by atoms with Crippen LogP contribution >= 0.6 is 0 Å². The lowest BCUT2D eigenvalue weighted by Crippen LogP contribution is -2.22. The molecule has 0 unspecified atom stereocenters. The van der Waals surface area contributed by atoms with E-state index >= 15 is 0 Å². The molecule has 0 fully saturated rings. The minimum Gasteiger partial charge on any atom is -0.383 e. The van der Waals surface area contributed by atoms with Crippen molar-refractivity contribution in [3.8, 4) is 11.1 Å². The number of nitrogens with two attached hydrogens (primary N) is 1. The molecule has 0 bridgehead atoms. The molecule has 26 heavy (non-hydrogen) atoms. The molecule has 0 saturated carbocycles. The lowest BCUT2D eigenvalue weighted by Gasteiger charge is -2.20. The summed E-state index contributed by atoms with van der Waals surface area (Å²) < 4.78 is 23.2. The van der Waals surface area contributed by atoms with Crippen LogP contribution in [0.25, 0.3) is 16.7 Å². The van der Waals surface area contributed by atoms with E-state index in [0.29, 0.717) is 10.7 Å². The van der Waals surface area contributed by atoms with Crippen LogP contribution in [0.1, 0.15) is 5.56 Å². The Balaban J connectivity index is 1.71. The van der Waals surface area contributed by atoms with Gasteiger partial charge in [0.1, 0.15) is 11.7 Å². The number of hydrogen-bond acceptors (Lipinski definition) is 6. The molecule has 6 nitrogen and oxygen atoms in total. The SMILES string of the molecule is CS(=O)(=O)c1ccc(-c2cnc(N)c(C3=CN4CCN=C4C=C3)c2)cc1. The number of rotatable bonds is 3. The zero-order valence-corrected chi connectivity index (χ0v) is 15.1. The van der Waals surface area contributed by atoms with Crippen molar-refractivity contribution in [1.82, 2.24) is 9.88 Å². The number of allylic oxidation sites excluding steroid dienone is 2. The van der Waals surface area contributed by atoms with Gasteiger partial charge in [-0.05, 0) is 35.9 Å². The summed E-state index contributed by atoms with van der Waals surface area (Å²) in [6, 6.07) is 8.75. The first-order valence-electron chi connectivity index (χ1n) is 8.19. The van der Waals surface area contributed by atoms with E-state index in [4.69, 9.17) is 5.73 Å². The smallest absolute Gasteiger partial charge is 0.175 e. The van der Waals surface area contributed by atoms with Gasteiger partial charge >= 0.3 is 0 Å². The predicted molar refractivity (Wildman–Crippen MR) is 103 cm³/mol. The maximum Gasteiger partial charge on any atom is 0.175 e. The van der Waals surface area contributed by atoms with E-state index in [0.717, 1.165) is 41.2 Å². The third-order valence-corrected chi connectivity index (χ3v) is 5.59.